The first-order valence-electron chi connectivity index (χ1n) is 6.37. The molecule has 0 N–H and O–H groups in total. The summed E-state index contributed by atoms with van der Waals surface area (Å²) < 4.78 is 7.36. The Labute approximate surface area is 115 Å². The largest absolute Gasteiger partial charge is 0.340 e. The van der Waals surface area contributed by atoms with Gasteiger partial charge in [0.15, 0.2) is 5.82 Å². The van der Waals surface area contributed by atoms with E-state index in [0.717, 1.165) is 27.6 Å². The molecule has 19 heavy (non-hydrogen) atoms. The molecule has 3 aromatic rings. The van der Waals surface area contributed by atoms with Crippen molar-refractivity contribution in [2.45, 2.75) is 25.3 Å². The lowest BCUT2D eigenvalue weighted by Crippen LogP contribution is -1.99. The first-order chi connectivity index (χ1) is 9.31. The molecule has 1 aliphatic carbocycles. The van der Waals surface area contributed by atoms with Gasteiger partial charge in [0, 0.05) is 28.0 Å². The molecule has 0 aliphatic heterocycles. The second kappa shape index (κ2) is 4.10. The molecule has 0 unspecified atom stereocenters. The molecule has 1 aromatic carbocycles. The Kier molecular flexibility index (Phi) is 2.38. The van der Waals surface area contributed by atoms with Crippen molar-refractivity contribution in [1.82, 2.24) is 14.7 Å². The fourth-order valence-corrected chi connectivity index (χ4v) is 2.54. The average molecular weight is 274 g/mol. The van der Waals surface area contributed by atoms with E-state index >= 15 is 0 Å². The molecule has 0 bridgehead atoms. The van der Waals surface area contributed by atoms with Crippen molar-refractivity contribution in [3.63, 3.8) is 0 Å². The van der Waals surface area contributed by atoms with Crippen LogP contribution in [0.15, 0.2) is 35.0 Å². The van der Waals surface area contributed by atoms with Crippen molar-refractivity contribution in [3.05, 3.63) is 47.2 Å². The minimum Gasteiger partial charge on any atom is -0.340 e. The summed E-state index contributed by atoms with van der Waals surface area (Å²) in [5.74, 6) is 2.00. The maximum atomic E-state index is 6.16. The van der Waals surface area contributed by atoms with Gasteiger partial charge in [-0.2, -0.15) is 4.98 Å². The Morgan fingerprint density at radius 3 is 3.05 bits per heavy atom. The molecule has 0 atom stereocenters. The fraction of sp³-hybridized carbons (Fsp3) is 0.286. The highest BCUT2D eigenvalue weighted by molar-refractivity contribution is 6.35. The van der Waals surface area contributed by atoms with E-state index in [4.69, 9.17) is 16.1 Å². The molecule has 1 saturated carbocycles. The van der Waals surface area contributed by atoms with E-state index < -0.39 is 0 Å². The molecule has 96 valence electrons. The molecule has 5 heteroatoms. The zero-order valence-corrected chi connectivity index (χ0v) is 11.0. The predicted octanol–water partition coefficient (Wildman–Crippen LogP) is 3.60. The maximum absolute atomic E-state index is 6.16. The third-order valence-electron chi connectivity index (χ3n) is 3.48. The molecular formula is C14H12ClN3O. The Morgan fingerprint density at radius 2 is 2.21 bits per heavy atom. The van der Waals surface area contributed by atoms with Crippen LogP contribution in [0.25, 0.3) is 10.9 Å². The monoisotopic (exact) mass is 273 g/mol. The minimum atomic E-state index is 0.497. The summed E-state index contributed by atoms with van der Waals surface area (Å²) in [6, 6.07) is 7.91. The van der Waals surface area contributed by atoms with Crippen LogP contribution in [0, 0.1) is 0 Å². The van der Waals surface area contributed by atoms with Crippen LogP contribution in [-0.4, -0.2) is 14.7 Å². The van der Waals surface area contributed by atoms with Crippen LogP contribution in [0.2, 0.25) is 5.02 Å². The van der Waals surface area contributed by atoms with Crippen molar-refractivity contribution < 1.29 is 4.52 Å². The lowest BCUT2D eigenvalue weighted by atomic mass is 10.2. The van der Waals surface area contributed by atoms with E-state index in [1.54, 1.807) is 0 Å². The molecule has 0 amide bonds. The quantitative estimate of drug-likeness (QED) is 0.732. The van der Waals surface area contributed by atoms with Crippen molar-refractivity contribution >= 4 is 22.5 Å². The van der Waals surface area contributed by atoms with Crippen LogP contribution < -0.4 is 0 Å². The Bertz CT molecular complexity index is 742. The second-order valence-electron chi connectivity index (χ2n) is 4.94. The van der Waals surface area contributed by atoms with Gasteiger partial charge >= 0.3 is 0 Å². The molecule has 4 rings (SSSR count). The molecular weight excluding hydrogens is 262 g/mol. The standard InChI is InChI=1S/C14H12ClN3O/c15-11-2-1-3-12-10(11)6-7-18(12)8-13-16-14(19-17-13)9-4-5-9/h1-3,6-7,9H,4-5,8H2. The molecule has 0 radical (unpaired) electrons. The van der Waals surface area contributed by atoms with E-state index in [1.807, 2.05) is 30.5 Å². The van der Waals surface area contributed by atoms with Gasteiger partial charge in [-0.15, -0.1) is 0 Å². The van der Waals surface area contributed by atoms with Crippen molar-refractivity contribution in [3.8, 4) is 0 Å². The maximum Gasteiger partial charge on any atom is 0.229 e. The highest BCUT2D eigenvalue weighted by Gasteiger charge is 2.29. The number of halogens is 1. The van der Waals surface area contributed by atoms with Gasteiger partial charge < -0.3 is 9.09 Å². The highest BCUT2D eigenvalue weighted by atomic mass is 35.5. The van der Waals surface area contributed by atoms with Crippen molar-refractivity contribution in [1.29, 1.82) is 0 Å². The van der Waals surface area contributed by atoms with Crippen LogP contribution in [0.4, 0.5) is 0 Å². The first-order valence-corrected chi connectivity index (χ1v) is 6.75. The van der Waals surface area contributed by atoms with Gasteiger partial charge in [0.1, 0.15) is 0 Å². The number of rotatable bonds is 3. The van der Waals surface area contributed by atoms with Crippen LogP contribution in [0.5, 0.6) is 0 Å². The molecule has 4 nitrogen and oxygen atoms in total. The summed E-state index contributed by atoms with van der Waals surface area (Å²) in [7, 11) is 0. The van der Waals surface area contributed by atoms with Gasteiger partial charge in [-0.3, -0.25) is 0 Å². The van der Waals surface area contributed by atoms with E-state index in [0.29, 0.717) is 12.5 Å². The molecule has 0 saturated heterocycles. The van der Waals surface area contributed by atoms with Gasteiger partial charge in [-0.05, 0) is 31.0 Å². The van der Waals surface area contributed by atoms with Crippen LogP contribution >= 0.6 is 11.6 Å². The lowest BCUT2D eigenvalue weighted by Gasteiger charge is -2.01. The summed E-state index contributed by atoms with van der Waals surface area (Å²) in [5, 5.41) is 5.86. The number of aromatic nitrogens is 3. The number of nitrogens with zero attached hydrogens (tertiary/aromatic N) is 3. The van der Waals surface area contributed by atoms with Crippen molar-refractivity contribution in [2.75, 3.05) is 0 Å². The van der Waals surface area contributed by atoms with Gasteiger partial charge in [0.25, 0.3) is 0 Å². The van der Waals surface area contributed by atoms with Gasteiger partial charge in [-0.1, -0.05) is 22.8 Å². The summed E-state index contributed by atoms with van der Waals surface area (Å²) >= 11 is 6.16. The zero-order chi connectivity index (χ0) is 12.8. The summed E-state index contributed by atoms with van der Waals surface area (Å²) in [4.78, 5) is 4.44. The van der Waals surface area contributed by atoms with E-state index in [9.17, 15) is 0 Å². The summed E-state index contributed by atoms with van der Waals surface area (Å²) in [6.07, 6.45) is 4.34. The fourth-order valence-electron chi connectivity index (χ4n) is 2.30. The third-order valence-corrected chi connectivity index (χ3v) is 3.81. The second-order valence-corrected chi connectivity index (χ2v) is 5.35. The molecule has 2 aromatic heterocycles. The molecule has 1 aliphatic rings. The van der Waals surface area contributed by atoms with E-state index in [1.165, 1.54) is 12.8 Å². The lowest BCUT2D eigenvalue weighted by molar-refractivity contribution is 0.373. The Hall–Kier alpha value is -1.81. The van der Waals surface area contributed by atoms with Crippen LogP contribution in [-0.2, 0) is 6.54 Å². The molecule has 1 fully saturated rings. The smallest absolute Gasteiger partial charge is 0.229 e. The predicted molar refractivity (Wildman–Crippen MR) is 72.3 cm³/mol. The highest BCUT2D eigenvalue weighted by Crippen LogP contribution is 2.38. The number of fused-ring (bicyclic) bond motifs is 1. The third kappa shape index (κ3) is 1.92. The van der Waals surface area contributed by atoms with Gasteiger partial charge in [-0.25, -0.2) is 0 Å². The number of hydrogen-bond donors (Lipinski definition) is 0. The van der Waals surface area contributed by atoms with Crippen molar-refractivity contribution in [2.24, 2.45) is 0 Å². The van der Waals surface area contributed by atoms with E-state index in [-0.39, 0.29) is 0 Å². The summed E-state index contributed by atoms with van der Waals surface area (Å²) in [6.45, 7) is 0.611. The van der Waals surface area contributed by atoms with Crippen LogP contribution in [0.1, 0.15) is 30.5 Å². The molecule has 0 spiro atoms. The summed E-state index contributed by atoms with van der Waals surface area (Å²) in [5.41, 5.74) is 1.09. The van der Waals surface area contributed by atoms with Gasteiger partial charge in [0.2, 0.25) is 5.89 Å². The Morgan fingerprint density at radius 1 is 1.32 bits per heavy atom. The number of benzene rings is 1. The number of hydrogen-bond acceptors (Lipinski definition) is 3. The van der Waals surface area contributed by atoms with Gasteiger partial charge in [0.05, 0.1) is 6.54 Å². The minimum absolute atomic E-state index is 0.497. The van der Waals surface area contributed by atoms with E-state index in [2.05, 4.69) is 14.7 Å². The van der Waals surface area contributed by atoms with Crippen LogP contribution in [0.3, 0.4) is 0 Å². The first kappa shape index (κ1) is 11.1. The Balaban J connectivity index is 1.68. The SMILES string of the molecule is Clc1cccc2c1ccn2Cc1noc(C2CC2)n1. The topological polar surface area (TPSA) is 43.9 Å². The average Bonchev–Trinajstić information content (AvgIpc) is 3.02. The molecule has 2 heterocycles. The zero-order valence-electron chi connectivity index (χ0n) is 10.2. The normalized spacial score (nSPS) is 15.2.